The number of nitrogens with zero attached hydrogens (tertiary/aromatic N) is 1. The van der Waals surface area contributed by atoms with Crippen LogP contribution in [0.4, 0.5) is 16.2 Å². The monoisotopic (exact) mass is 335 g/mol. The number of carbonyl (C=O) groups is 1. The molecule has 1 aliphatic carbocycles. The van der Waals surface area contributed by atoms with Crippen LogP contribution in [0, 0.1) is 5.92 Å². The van der Waals surface area contributed by atoms with E-state index in [9.17, 15) is 4.79 Å². The molecule has 3 rings (SSSR count). The van der Waals surface area contributed by atoms with Gasteiger partial charge in [-0.15, -0.1) is 0 Å². The summed E-state index contributed by atoms with van der Waals surface area (Å²) >= 11 is 6.39. The Morgan fingerprint density at radius 3 is 2.61 bits per heavy atom. The van der Waals surface area contributed by atoms with Crippen molar-refractivity contribution in [1.82, 2.24) is 5.32 Å². The summed E-state index contributed by atoms with van der Waals surface area (Å²) in [6, 6.07) is 5.94. The minimum atomic E-state index is -0.131. The Morgan fingerprint density at radius 1 is 1.17 bits per heavy atom. The third-order valence-electron chi connectivity index (χ3n) is 5.08. The Labute approximate surface area is 143 Å². The molecular formula is C18H26ClN3O. The molecule has 1 heterocycles. The van der Waals surface area contributed by atoms with Crippen LogP contribution in [0.25, 0.3) is 0 Å². The molecule has 2 atom stereocenters. The highest BCUT2D eigenvalue weighted by molar-refractivity contribution is 6.33. The summed E-state index contributed by atoms with van der Waals surface area (Å²) in [4.78, 5) is 14.5. The molecule has 2 fully saturated rings. The van der Waals surface area contributed by atoms with E-state index in [2.05, 4.69) is 22.5 Å². The molecular weight excluding hydrogens is 310 g/mol. The maximum Gasteiger partial charge on any atom is 0.319 e. The lowest BCUT2D eigenvalue weighted by molar-refractivity contribution is 0.232. The van der Waals surface area contributed by atoms with Crippen molar-refractivity contribution >= 4 is 29.0 Å². The van der Waals surface area contributed by atoms with Crippen molar-refractivity contribution < 1.29 is 4.79 Å². The second-order valence-electron chi connectivity index (χ2n) is 6.83. The lowest BCUT2D eigenvalue weighted by Crippen LogP contribution is -2.43. The average Bonchev–Trinajstić information content (AvgIpc) is 3.04. The lowest BCUT2D eigenvalue weighted by Gasteiger charge is -2.29. The molecule has 2 aliphatic rings. The number of urea groups is 1. The van der Waals surface area contributed by atoms with E-state index in [4.69, 9.17) is 11.6 Å². The summed E-state index contributed by atoms with van der Waals surface area (Å²) in [5.74, 6) is 0.552. The van der Waals surface area contributed by atoms with E-state index in [0.717, 1.165) is 30.9 Å². The molecule has 2 amide bonds. The highest BCUT2D eigenvalue weighted by Crippen LogP contribution is 2.31. The molecule has 126 valence electrons. The Balaban J connectivity index is 1.58. The van der Waals surface area contributed by atoms with Gasteiger partial charge in [-0.3, -0.25) is 0 Å². The molecule has 0 radical (unpaired) electrons. The SMILES string of the molecule is CC1CCCCC1NC(=O)Nc1ccc(N2CCCC2)c(Cl)c1. The van der Waals surface area contributed by atoms with E-state index in [1.807, 2.05) is 18.2 Å². The van der Waals surface area contributed by atoms with Crippen molar-refractivity contribution in [3.8, 4) is 0 Å². The van der Waals surface area contributed by atoms with Crippen LogP contribution in [0.5, 0.6) is 0 Å². The van der Waals surface area contributed by atoms with Gasteiger partial charge >= 0.3 is 6.03 Å². The predicted molar refractivity (Wildman–Crippen MR) is 96.5 cm³/mol. The number of carbonyl (C=O) groups excluding carboxylic acids is 1. The summed E-state index contributed by atoms with van der Waals surface area (Å²) in [5, 5.41) is 6.72. The highest BCUT2D eigenvalue weighted by atomic mass is 35.5. The summed E-state index contributed by atoms with van der Waals surface area (Å²) in [6.45, 7) is 4.34. The van der Waals surface area contributed by atoms with E-state index < -0.39 is 0 Å². The largest absolute Gasteiger partial charge is 0.370 e. The number of anilines is 2. The molecule has 2 N–H and O–H groups in total. The van der Waals surface area contributed by atoms with E-state index in [0.29, 0.717) is 10.9 Å². The van der Waals surface area contributed by atoms with Crippen molar-refractivity contribution in [3.63, 3.8) is 0 Å². The predicted octanol–water partition coefficient (Wildman–Crippen LogP) is 4.64. The first-order chi connectivity index (χ1) is 11.1. The van der Waals surface area contributed by atoms with Crippen LogP contribution in [-0.2, 0) is 0 Å². The van der Waals surface area contributed by atoms with Gasteiger partial charge in [-0.25, -0.2) is 4.79 Å². The van der Waals surface area contributed by atoms with E-state index in [1.54, 1.807) is 0 Å². The lowest BCUT2D eigenvalue weighted by atomic mass is 9.86. The first-order valence-corrected chi connectivity index (χ1v) is 9.13. The van der Waals surface area contributed by atoms with Crippen LogP contribution >= 0.6 is 11.6 Å². The van der Waals surface area contributed by atoms with Crippen LogP contribution in [0.2, 0.25) is 5.02 Å². The fraction of sp³-hybridized carbons (Fsp3) is 0.611. The minimum absolute atomic E-state index is 0.131. The first-order valence-electron chi connectivity index (χ1n) is 8.75. The molecule has 1 aliphatic heterocycles. The minimum Gasteiger partial charge on any atom is -0.370 e. The second-order valence-corrected chi connectivity index (χ2v) is 7.23. The normalized spacial score (nSPS) is 24.5. The molecule has 1 saturated carbocycles. The van der Waals surface area contributed by atoms with Crippen LogP contribution in [-0.4, -0.2) is 25.2 Å². The zero-order valence-electron chi connectivity index (χ0n) is 13.8. The molecule has 4 nitrogen and oxygen atoms in total. The van der Waals surface area contributed by atoms with Crippen molar-refractivity contribution in [2.24, 2.45) is 5.92 Å². The molecule has 23 heavy (non-hydrogen) atoms. The molecule has 0 bridgehead atoms. The maximum absolute atomic E-state index is 12.2. The fourth-order valence-corrected chi connectivity index (χ4v) is 3.97. The van der Waals surface area contributed by atoms with Gasteiger partial charge in [0.05, 0.1) is 10.7 Å². The van der Waals surface area contributed by atoms with Gasteiger partial charge in [0.1, 0.15) is 0 Å². The Morgan fingerprint density at radius 2 is 1.91 bits per heavy atom. The van der Waals surface area contributed by atoms with Crippen LogP contribution in [0.3, 0.4) is 0 Å². The zero-order valence-corrected chi connectivity index (χ0v) is 14.5. The van der Waals surface area contributed by atoms with Crippen LogP contribution in [0.15, 0.2) is 18.2 Å². The highest BCUT2D eigenvalue weighted by Gasteiger charge is 2.23. The number of hydrogen-bond acceptors (Lipinski definition) is 2. The van der Waals surface area contributed by atoms with Crippen molar-refractivity contribution in [2.45, 2.75) is 51.5 Å². The fourth-order valence-electron chi connectivity index (χ4n) is 3.67. The zero-order chi connectivity index (χ0) is 16.2. The van der Waals surface area contributed by atoms with E-state index in [1.165, 1.54) is 32.1 Å². The van der Waals surface area contributed by atoms with E-state index in [-0.39, 0.29) is 12.1 Å². The molecule has 0 spiro atoms. The topological polar surface area (TPSA) is 44.4 Å². The summed E-state index contributed by atoms with van der Waals surface area (Å²) < 4.78 is 0. The third kappa shape index (κ3) is 4.11. The molecule has 1 aromatic rings. The number of hydrogen-bond donors (Lipinski definition) is 2. The average molecular weight is 336 g/mol. The number of amides is 2. The summed E-state index contributed by atoms with van der Waals surface area (Å²) in [7, 11) is 0. The maximum atomic E-state index is 12.2. The van der Waals surface area contributed by atoms with E-state index >= 15 is 0 Å². The standard InChI is InChI=1S/C18H26ClN3O/c1-13-6-2-3-7-16(13)21-18(23)20-14-8-9-17(15(19)12-14)22-10-4-5-11-22/h8-9,12-13,16H,2-7,10-11H2,1H3,(H2,20,21,23). The summed E-state index contributed by atoms with van der Waals surface area (Å²) in [6.07, 6.45) is 7.18. The molecule has 2 unspecified atom stereocenters. The van der Waals surface area contributed by atoms with Crippen molar-refractivity contribution in [2.75, 3.05) is 23.3 Å². The van der Waals surface area contributed by atoms with Crippen molar-refractivity contribution in [3.05, 3.63) is 23.2 Å². The van der Waals surface area contributed by atoms with Crippen LogP contribution in [0.1, 0.15) is 45.4 Å². The quantitative estimate of drug-likeness (QED) is 0.845. The van der Waals surface area contributed by atoms with Gasteiger partial charge in [0.25, 0.3) is 0 Å². The van der Waals surface area contributed by atoms with Crippen molar-refractivity contribution in [1.29, 1.82) is 0 Å². The van der Waals surface area contributed by atoms with Gasteiger partial charge < -0.3 is 15.5 Å². The molecule has 1 aromatic carbocycles. The van der Waals surface area contributed by atoms with Gasteiger partial charge in [-0.05, 0) is 49.8 Å². The van der Waals surface area contributed by atoms with Gasteiger partial charge in [0.2, 0.25) is 0 Å². The van der Waals surface area contributed by atoms with Crippen LogP contribution < -0.4 is 15.5 Å². The molecule has 5 heteroatoms. The number of nitrogens with one attached hydrogen (secondary N) is 2. The second kappa shape index (κ2) is 7.43. The van der Waals surface area contributed by atoms with Gasteiger partial charge in [-0.2, -0.15) is 0 Å². The van der Waals surface area contributed by atoms with Gasteiger partial charge in [0, 0.05) is 24.8 Å². The third-order valence-corrected chi connectivity index (χ3v) is 5.38. The Hall–Kier alpha value is -1.42. The smallest absolute Gasteiger partial charge is 0.319 e. The number of benzene rings is 1. The number of halogens is 1. The Kier molecular flexibility index (Phi) is 5.31. The van der Waals surface area contributed by atoms with Gasteiger partial charge in [0.15, 0.2) is 0 Å². The van der Waals surface area contributed by atoms with Gasteiger partial charge in [-0.1, -0.05) is 31.4 Å². The Bertz CT molecular complexity index is 557. The first kappa shape index (κ1) is 16.4. The molecule has 1 saturated heterocycles. The molecule has 0 aromatic heterocycles. The number of rotatable bonds is 3. The summed E-state index contributed by atoms with van der Waals surface area (Å²) in [5.41, 5.74) is 1.81.